The van der Waals surface area contributed by atoms with Crippen molar-refractivity contribution in [3.63, 3.8) is 0 Å². The number of hydrogen-bond donors (Lipinski definition) is 2. The Labute approximate surface area is 211 Å². The number of benzene rings is 2. The molecule has 0 aliphatic heterocycles. The molecule has 3 aromatic rings. The van der Waals surface area contributed by atoms with Crippen LogP contribution in [0.25, 0.3) is 11.8 Å². The van der Waals surface area contributed by atoms with Crippen LogP contribution in [-0.4, -0.2) is 39.1 Å². The quantitative estimate of drug-likeness (QED) is 0.434. The number of halogens is 4. The molecule has 0 bridgehead atoms. The first-order chi connectivity index (χ1) is 17.5. The zero-order valence-corrected chi connectivity index (χ0v) is 20.3. The highest BCUT2D eigenvalue weighted by molar-refractivity contribution is 5.95. The molecule has 2 N–H and O–H groups in total. The third kappa shape index (κ3) is 4.68. The number of alkyl halides is 3. The van der Waals surface area contributed by atoms with Gasteiger partial charge in [0, 0.05) is 11.0 Å². The van der Waals surface area contributed by atoms with Gasteiger partial charge in [0.1, 0.15) is 12.4 Å². The number of aromatic nitrogens is 2. The minimum Gasteiger partial charge on any atom is -0.389 e. The zero-order valence-electron chi connectivity index (χ0n) is 20.3. The Balaban J connectivity index is 1.36. The van der Waals surface area contributed by atoms with Crippen molar-refractivity contribution >= 4 is 12.0 Å². The summed E-state index contributed by atoms with van der Waals surface area (Å²) in [4.78, 5) is 12.4. The van der Waals surface area contributed by atoms with Crippen molar-refractivity contribution in [2.24, 2.45) is 5.41 Å². The van der Waals surface area contributed by atoms with Crippen molar-refractivity contribution < 1.29 is 27.5 Å². The molecule has 1 aromatic heterocycles. The van der Waals surface area contributed by atoms with Crippen molar-refractivity contribution in [2.45, 2.75) is 50.8 Å². The van der Waals surface area contributed by atoms with Crippen molar-refractivity contribution in [1.82, 2.24) is 15.1 Å². The Bertz CT molecular complexity index is 1360. The molecule has 37 heavy (non-hydrogen) atoms. The van der Waals surface area contributed by atoms with Crippen LogP contribution in [0.2, 0.25) is 0 Å². The number of hydrogen-bond acceptors (Lipinski definition) is 3. The van der Waals surface area contributed by atoms with E-state index in [0.29, 0.717) is 37.7 Å². The topological polar surface area (TPSA) is 67.1 Å². The van der Waals surface area contributed by atoms with Gasteiger partial charge in [-0.3, -0.25) is 4.79 Å². The fourth-order valence-electron chi connectivity index (χ4n) is 5.70. The molecule has 1 heterocycles. The van der Waals surface area contributed by atoms with Crippen molar-refractivity contribution in [2.75, 3.05) is 6.54 Å². The largest absolute Gasteiger partial charge is 0.405 e. The maximum absolute atomic E-state index is 13.4. The van der Waals surface area contributed by atoms with E-state index in [1.807, 2.05) is 12.2 Å². The van der Waals surface area contributed by atoms with Gasteiger partial charge in [-0.1, -0.05) is 30.7 Å². The Morgan fingerprint density at radius 3 is 2.62 bits per heavy atom. The van der Waals surface area contributed by atoms with Crippen molar-refractivity contribution in [1.29, 1.82) is 0 Å². The number of nitrogens with one attached hydrogen (secondary N) is 1. The van der Waals surface area contributed by atoms with Gasteiger partial charge in [0.15, 0.2) is 0 Å². The molecule has 2 aliphatic rings. The summed E-state index contributed by atoms with van der Waals surface area (Å²) >= 11 is 0. The number of aliphatic hydroxyl groups is 1. The third-order valence-corrected chi connectivity index (χ3v) is 7.88. The number of rotatable bonds is 6. The molecule has 5 rings (SSSR count). The Morgan fingerprint density at radius 1 is 1.16 bits per heavy atom. The molecule has 9 heteroatoms. The fraction of sp³-hybridized carbons (Fsp3) is 0.357. The fourth-order valence-corrected chi connectivity index (χ4v) is 5.70. The summed E-state index contributed by atoms with van der Waals surface area (Å²) in [5, 5.41) is 18.3. The predicted octanol–water partition coefficient (Wildman–Crippen LogP) is 5.41. The molecular weight excluding hydrogens is 486 g/mol. The second-order valence-corrected chi connectivity index (χ2v) is 10.1. The van der Waals surface area contributed by atoms with Gasteiger partial charge in [-0.15, -0.1) is 0 Å². The zero-order chi connectivity index (χ0) is 26.4. The first kappa shape index (κ1) is 25.2. The maximum atomic E-state index is 13.4. The van der Waals surface area contributed by atoms with E-state index in [1.165, 1.54) is 18.2 Å². The summed E-state index contributed by atoms with van der Waals surface area (Å²) in [6, 6.07) is 12.7. The van der Waals surface area contributed by atoms with Gasteiger partial charge in [-0.2, -0.15) is 18.3 Å². The summed E-state index contributed by atoms with van der Waals surface area (Å²) < 4.78 is 52.9. The second-order valence-electron chi connectivity index (χ2n) is 10.1. The normalized spacial score (nSPS) is 22.8. The number of fused-ring (bicyclic) bond motifs is 2. The molecule has 2 unspecified atom stereocenters. The van der Waals surface area contributed by atoms with E-state index >= 15 is 0 Å². The van der Waals surface area contributed by atoms with Crippen LogP contribution >= 0.6 is 0 Å². The van der Waals surface area contributed by atoms with E-state index < -0.39 is 29.6 Å². The SMILES string of the molecule is CC12Cc3cnn(-c4ccc(F)cc4)c3C=C1CCC2(O)CCc1ccccc1C(=O)NCC(F)(F)F. The second kappa shape index (κ2) is 9.13. The van der Waals surface area contributed by atoms with Crippen molar-refractivity contribution in [3.05, 3.63) is 88.5 Å². The van der Waals surface area contributed by atoms with Crippen LogP contribution in [0.1, 0.15) is 53.4 Å². The predicted molar refractivity (Wildman–Crippen MR) is 131 cm³/mol. The molecule has 0 spiro atoms. The lowest BCUT2D eigenvalue weighted by Gasteiger charge is -2.42. The average molecular weight is 514 g/mol. The summed E-state index contributed by atoms with van der Waals surface area (Å²) in [5.41, 5.74) is 2.89. The van der Waals surface area contributed by atoms with Gasteiger partial charge in [-0.25, -0.2) is 9.07 Å². The smallest absolute Gasteiger partial charge is 0.389 e. The first-order valence-corrected chi connectivity index (χ1v) is 12.2. The van der Waals surface area contributed by atoms with Crippen molar-refractivity contribution in [3.8, 4) is 5.69 Å². The molecule has 194 valence electrons. The van der Waals surface area contributed by atoms with E-state index in [0.717, 1.165) is 22.5 Å². The summed E-state index contributed by atoms with van der Waals surface area (Å²) in [7, 11) is 0. The highest BCUT2D eigenvalue weighted by Gasteiger charge is 2.54. The number of carbonyl (C=O) groups is 1. The molecule has 2 aliphatic carbocycles. The number of amides is 1. The maximum Gasteiger partial charge on any atom is 0.405 e. The van der Waals surface area contributed by atoms with E-state index in [2.05, 4.69) is 11.2 Å². The molecule has 5 nitrogen and oxygen atoms in total. The van der Waals surface area contributed by atoms with Crippen LogP contribution in [-0.2, 0) is 12.8 Å². The van der Waals surface area contributed by atoms with Gasteiger partial charge in [0.05, 0.1) is 23.2 Å². The van der Waals surface area contributed by atoms with Crippen LogP contribution < -0.4 is 5.32 Å². The molecule has 1 saturated carbocycles. The highest BCUT2D eigenvalue weighted by Crippen LogP contribution is 2.56. The van der Waals surface area contributed by atoms with Gasteiger partial charge in [-0.05, 0) is 79.6 Å². The van der Waals surface area contributed by atoms with E-state index in [-0.39, 0.29) is 11.4 Å². The van der Waals surface area contributed by atoms with E-state index in [4.69, 9.17) is 0 Å². The monoisotopic (exact) mass is 513 g/mol. The van der Waals surface area contributed by atoms with E-state index in [9.17, 15) is 27.5 Å². The van der Waals surface area contributed by atoms with Crippen LogP contribution in [0.3, 0.4) is 0 Å². The minimum absolute atomic E-state index is 0.181. The van der Waals surface area contributed by atoms with Gasteiger partial charge in [0.25, 0.3) is 5.91 Å². The summed E-state index contributed by atoms with van der Waals surface area (Å²) in [6.45, 7) is 0.635. The average Bonchev–Trinajstić information content (AvgIpc) is 3.37. The van der Waals surface area contributed by atoms with Crippen LogP contribution in [0.15, 0.2) is 60.3 Å². The van der Waals surface area contributed by atoms with Crippen LogP contribution in [0.5, 0.6) is 0 Å². The Kier molecular flexibility index (Phi) is 6.22. The third-order valence-electron chi connectivity index (χ3n) is 7.88. The lowest BCUT2D eigenvalue weighted by atomic mass is 9.65. The van der Waals surface area contributed by atoms with Crippen LogP contribution in [0.4, 0.5) is 17.6 Å². The highest BCUT2D eigenvalue weighted by atomic mass is 19.4. The summed E-state index contributed by atoms with van der Waals surface area (Å²) in [6.07, 6.45) is 1.83. The van der Waals surface area contributed by atoms with Gasteiger partial charge in [0.2, 0.25) is 0 Å². The summed E-state index contributed by atoms with van der Waals surface area (Å²) in [5.74, 6) is -1.11. The first-order valence-electron chi connectivity index (χ1n) is 12.2. The molecule has 2 atom stereocenters. The molecule has 0 saturated heterocycles. The molecular formula is C28H27F4N3O2. The van der Waals surface area contributed by atoms with Gasteiger partial charge < -0.3 is 10.4 Å². The Hall–Kier alpha value is -3.46. The Morgan fingerprint density at radius 2 is 1.89 bits per heavy atom. The number of aryl methyl sites for hydroxylation is 1. The number of nitrogens with zero attached hydrogens (tertiary/aromatic N) is 2. The lowest BCUT2D eigenvalue weighted by Crippen LogP contribution is -2.45. The number of carbonyl (C=O) groups excluding carboxylic acids is 1. The van der Waals surface area contributed by atoms with Gasteiger partial charge >= 0.3 is 6.18 Å². The molecule has 1 amide bonds. The molecule has 2 aromatic carbocycles. The standard InChI is InChI=1S/C28H27F4N3O2/c1-26-15-19-16-34-35(22-8-6-21(29)7-9-22)24(19)14-20(26)11-13-27(26,37)12-10-18-4-2-3-5-23(18)25(36)33-17-28(30,31)32/h2-9,14,16,37H,10-13,15,17H2,1H3,(H,33,36). The van der Waals surface area contributed by atoms with E-state index in [1.54, 1.807) is 41.2 Å². The molecule has 1 fully saturated rings. The lowest BCUT2D eigenvalue weighted by molar-refractivity contribution is -0.123. The molecule has 0 radical (unpaired) electrons. The van der Waals surface area contributed by atoms with Crippen LogP contribution in [0, 0.1) is 11.2 Å². The minimum atomic E-state index is -4.49.